The van der Waals surface area contributed by atoms with Gasteiger partial charge in [0.25, 0.3) is 0 Å². The van der Waals surface area contributed by atoms with Crippen LogP contribution in [0.25, 0.3) is 5.52 Å². The topological polar surface area (TPSA) is 76.5 Å². The third kappa shape index (κ3) is 2.47. The largest absolute Gasteiger partial charge is 0.382 e. The Morgan fingerprint density at radius 3 is 3.00 bits per heavy atom. The van der Waals surface area contributed by atoms with Crippen molar-refractivity contribution in [3.63, 3.8) is 0 Å². The van der Waals surface area contributed by atoms with Gasteiger partial charge in [-0.15, -0.1) is 0 Å². The van der Waals surface area contributed by atoms with Gasteiger partial charge in [-0.2, -0.15) is 0 Å². The molecule has 0 bridgehead atoms. The predicted molar refractivity (Wildman–Crippen MR) is 88.5 cm³/mol. The number of rotatable bonds is 2. The van der Waals surface area contributed by atoms with Crippen LogP contribution in [0.1, 0.15) is 44.9 Å². The Kier molecular flexibility index (Phi) is 4.08. The molecule has 0 aromatic carbocycles. The number of nitrogen functional groups attached to an aromatic ring is 1. The molecule has 2 aromatic heterocycles. The van der Waals surface area contributed by atoms with Gasteiger partial charge in [0.1, 0.15) is 15.9 Å². The van der Waals surface area contributed by atoms with Crippen LogP contribution in [0.3, 0.4) is 0 Å². The number of fused-ring (bicyclic) bond motifs is 1. The zero-order valence-corrected chi connectivity index (χ0v) is 14.4. The Balaban J connectivity index is 1.98. The number of hydrogen-bond donors (Lipinski definition) is 1. The first-order valence-corrected chi connectivity index (χ1v) is 8.39. The van der Waals surface area contributed by atoms with Crippen LogP contribution in [0.2, 0.25) is 0 Å². The summed E-state index contributed by atoms with van der Waals surface area (Å²) in [6.45, 7) is 4.74. The first kappa shape index (κ1) is 15.3. The van der Waals surface area contributed by atoms with E-state index in [2.05, 4.69) is 32.8 Å². The number of likely N-dealkylation sites (tertiary alicyclic amines) is 1. The monoisotopic (exact) mass is 365 g/mol. The first-order chi connectivity index (χ1) is 10.5. The highest BCUT2D eigenvalue weighted by Gasteiger charge is 2.31. The minimum atomic E-state index is 0.207. The van der Waals surface area contributed by atoms with E-state index in [0.717, 1.165) is 24.2 Å². The molecule has 0 radical (unpaired) electrons. The molecule has 0 aliphatic carbocycles. The van der Waals surface area contributed by atoms with Crippen LogP contribution in [-0.4, -0.2) is 37.8 Å². The van der Waals surface area contributed by atoms with Crippen molar-refractivity contribution >= 4 is 33.2 Å². The standard InChI is InChI=1S/C15H20BrN5O/c1-3-11(22)21-8-10(5-4-9(21)2)15-19-13(16)12-14(17)18-6-7-20(12)15/h6-7,9-10H,3-5,8H2,1-2H3,(H2,17,18)/t9-,10-/m1/s1. The van der Waals surface area contributed by atoms with E-state index in [1.807, 2.05) is 22.4 Å². The third-order valence-electron chi connectivity index (χ3n) is 4.44. The van der Waals surface area contributed by atoms with E-state index in [9.17, 15) is 4.79 Å². The molecule has 22 heavy (non-hydrogen) atoms. The van der Waals surface area contributed by atoms with Crippen molar-refractivity contribution in [2.45, 2.75) is 45.1 Å². The minimum absolute atomic E-state index is 0.207. The number of halogens is 1. The Morgan fingerprint density at radius 1 is 1.50 bits per heavy atom. The summed E-state index contributed by atoms with van der Waals surface area (Å²) in [6.07, 6.45) is 6.11. The van der Waals surface area contributed by atoms with Gasteiger partial charge in [0.2, 0.25) is 5.91 Å². The molecule has 118 valence electrons. The summed E-state index contributed by atoms with van der Waals surface area (Å²) in [6, 6.07) is 0.296. The molecule has 2 aromatic rings. The van der Waals surface area contributed by atoms with Crippen molar-refractivity contribution in [1.82, 2.24) is 19.3 Å². The van der Waals surface area contributed by atoms with Gasteiger partial charge in [0, 0.05) is 37.3 Å². The van der Waals surface area contributed by atoms with Crippen LogP contribution in [-0.2, 0) is 4.79 Å². The second-order valence-corrected chi connectivity index (χ2v) is 6.57. The lowest BCUT2D eigenvalue weighted by molar-refractivity contribution is -0.134. The average molecular weight is 366 g/mol. The molecule has 2 N–H and O–H groups in total. The van der Waals surface area contributed by atoms with Crippen LogP contribution in [0.15, 0.2) is 17.0 Å². The molecular formula is C15H20BrN5O. The van der Waals surface area contributed by atoms with Gasteiger partial charge >= 0.3 is 0 Å². The fourth-order valence-corrected chi connectivity index (χ4v) is 3.77. The number of carbonyl (C=O) groups excluding carboxylic acids is 1. The molecule has 6 nitrogen and oxygen atoms in total. The fraction of sp³-hybridized carbons (Fsp3) is 0.533. The summed E-state index contributed by atoms with van der Waals surface area (Å²) in [4.78, 5) is 22.9. The summed E-state index contributed by atoms with van der Waals surface area (Å²) in [5.41, 5.74) is 6.75. The smallest absolute Gasteiger partial charge is 0.222 e. The van der Waals surface area contributed by atoms with E-state index >= 15 is 0 Å². The van der Waals surface area contributed by atoms with Crippen molar-refractivity contribution in [1.29, 1.82) is 0 Å². The van der Waals surface area contributed by atoms with E-state index in [4.69, 9.17) is 5.73 Å². The van der Waals surface area contributed by atoms with Crippen molar-refractivity contribution in [3.8, 4) is 0 Å². The maximum Gasteiger partial charge on any atom is 0.222 e. The molecule has 1 fully saturated rings. The van der Waals surface area contributed by atoms with E-state index in [0.29, 0.717) is 29.4 Å². The molecule has 1 saturated heterocycles. The second-order valence-electron chi connectivity index (χ2n) is 5.81. The van der Waals surface area contributed by atoms with Gasteiger partial charge in [-0.3, -0.25) is 9.20 Å². The minimum Gasteiger partial charge on any atom is -0.382 e. The summed E-state index contributed by atoms with van der Waals surface area (Å²) in [5.74, 6) is 1.82. The highest BCUT2D eigenvalue weighted by molar-refractivity contribution is 9.10. The van der Waals surface area contributed by atoms with Crippen LogP contribution < -0.4 is 5.73 Å². The second kappa shape index (κ2) is 5.87. The molecule has 3 heterocycles. The lowest BCUT2D eigenvalue weighted by atomic mass is 9.92. The number of piperidine rings is 1. The zero-order chi connectivity index (χ0) is 15.9. The normalized spacial score (nSPS) is 22.2. The Labute approximate surface area is 137 Å². The highest BCUT2D eigenvalue weighted by Crippen LogP contribution is 2.33. The van der Waals surface area contributed by atoms with Gasteiger partial charge < -0.3 is 10.6 Å². The predicted octanol–water partition coefficient (Wildman–Crippen LogP) is 2.58. The maximum atomic E-state index is 12.1. The average Bonchev–Trinajstić information content (AvgIpc) is 2.85. The van der Waals surface area contributed by atoms with E-state index < -0.39 is 0 Å². The number of nitrogens with two attached hydrogens (primary N) is 1. The number of nitrogens with zero attached hydrogens (tertiary/aromatic N) is 4. The molecule has 1 aliphatic heterocycles. The number of hydrogen-bond acceptors (Lipinski definition) is 4. The summed E-state index contributed by atoms with van der Waals surface area (Å²) in [5, 5.41) is 0. The molecule has 3 rings (SSSR count). The van der Waals surface area contributed by atoms with Crippen molar-refractivity contribution < 1.29 is 4.79 Å². The van der Waals surface area contributed by atoms with Crippen molar-refractivity contribution in [2.24, 2.45) is 0 Å². The number of amides is 1. The van der Waals surface area contributed by atoms with E-state index in [1.165, 1.54) is 0 Å². The number of anilines is 1. The molecular weight excluding hydrogens is 346 g/mol. The molecule has 0 spiro atoms. The number of aromatic nitrogens is 3. The van der Waals surface area contributed by atoms with Crippen LogP contribution in [0, 0.1) is 0 Å². The highest BCUT2D eigenvalue weighted by atomic mass is 79.9. The number of imidazole rings is 1. The van der Waals surface area contributed by atoms with Gasteiger partial charge in [0.05, 0.1) is 0 Å². The first-order valence-electron chi connectivity index (χ1n) is 7.60. The van der Waals surface area contributed by atoms with E-state index in [-0.39, 0.29) is 11.8 Å². The lowest BCUT2D eigenvalue weighted by Gasteiger charge is -2.37. The Morgan fingerprint density at radius 2 is 2.27 bits per heavy atom. The van der Waals surface area contributed by atoms with Crippen LogP contribution >= 0.6 is 15.9 Å². The molecule has 2 atom stereocenters. The quantitative estimate of drug-likeness (QED) is 0.886. The Hall–Kier alpha value is -1.63. The fourth-order valence-electron chi connectivity index (χ4n) is 3.20. The molecule has 0 unspecified atom stereocenters. The van der Waals surface area contributed by atoms with Gasteiger partial charge in [-0.25, -0.2) is 9.97 Å². The molecule has 1 amide bonds. The van der Waals surface area contributed by atoms with Gasteiger partial charge in [0.15, 0.2) is 5.82 Å². The van der Waals surface area contributed by atoms with Crippen molar-refractivity contribution in [3.05, 3.63) is 22.8 Å². The Bertz CT molecular complexity index is 713. The van der Waals surface area contributed by atoms with Crippen LogP contribution in [0.5, 0.6) is 0 Å². The lowest BCUT2D eigenvalue weighted by Crippen LogP contribution is -2.44. The molecule has 0 saturated carbocycles. The number of carbonyl (C=O) groups is 1. The third-order valence-corrected chi connectivity index (χ3v) is 4.99. The summed E-state index contributed by atoms with van der Waals surface area (Å²) < 4.78 is 2.70. The molecule has 7 heteroatoms. The van der Waals surface area contributed by atoms with E-state index in [1.54, 1.807) is 6.20 Å². The summed E-state index contributed by atoms with van der Waals surface area (Å²) >= 11 is 3.47. The SMILES string of the molecule is CCC(=O)N1C[C@H](c2nc(Br)c3c(N)nccn23)CC[C@H]1C. The zero-order valence-electron chi connectivity index (χ0n) is 12.8. The summed E-state index contributed by atoms with van der Waals surface area (Å²) in [7, 11) is 0. The van der Waals surface area contributed by atoms with Crippen LogP contribution in [0.4, 0.5) is 5.82 Å². The molecule has 1 aliphatic rings. The maximum absolute atomic E-state index is 12.1. The van der Waals surface area contributed by atoms with Gasteiger partial charge in [-0.05, 0) is 35.7 Å². The van der Waals surface area contributed by atoms with Crippen molar-refractivity contribution in [2.75, 3.05) is 12.3 Å². The van der Waals surface area contributed by atoms with Gasteiger partial charge in [-0.1, -0.05) is 6.92 Å².